The predicted octanol–water partition coefficient (Wildman–Crippen LogP) is 2.06. The van der Waals surface area contributed by atoms with Crippen molar-refractivity contribution >= 4 is 28.6 Å². The molecule has 28 heavy (non-hydrogen) atoms. The van der Waals surface area contributed by atoms with Gasteiger partial charge in [-0.25, -0.2) is 4.98 Å². The first-order valence-corrected chi connectivity index (χ1v) is 11.2. The van der Waals surface area contributed by atoms with Crippen LogP contribution in [0.5, 0.6) is 0 Å². The van der Waals surface area contributed by atoms with Gasteiger partial charge < -0.3 is 19.9 Å². The Hall–Kier alpha value is -1.90. The number of aromatic nitrogens is 2. The van der Waals surface area contributed by atoms with Crippen molar-refractivity contribution in [1.82, 2.24) is 19.6 Å². The second kappa shape index (κ2) is 10.6. The summed E-state index contributed by atoms with van der Waals surface area (Å²) in [6.45, 7) is 6.41. The molecule has 156 valence electrons. The number of anilines is 1. The van der Waals surface area contributed by atoms with E-state index in [0.29, 0.717) is 6.42 Å². The number of hydrogen-bond donors (Lipinski definition) is 1. The fraction of sp³-hybridized carbons (Fsp3) is 0.789. The van der Waals surface area contributed by atoms with Gasteiger partial charge in [-0.3, -0.25) is 9.79 Å². The van der Waals surface area contributed by atoms with E-state index in [-0.39, 0.29) is 12.1 Å². The van der Waals surface area contributed by atoms with Crippen molar-refractivity contribution in [2.75, 3.05) is 44.7 Å². The second-order valence-electron chi connectivity index (χ2n) is 7.29. The number of hydrogen-bond acceptors (Lipinski definition) is 7. The first-order valence-electron chi connectivity index (χ1n) is 10.4. The monoisotopic (exact) mass is 408 g/mol. The molecule has 0 radical (unpaired) electrons. The minimum atomic E-state index is -0.0687. The van der Waals surface area contributed by atoms with Crippen molar-refractivity contribution in [1.29, 1.82) is 0 Å². The zero-order valence-electron chi connectivity index (χ0n) is 17.0. The molecule has 2 aliphatic rings. The minimum absolute atomic E-state index is 0.0687. The Labute approximate surface area is 171 Å². The van der Waals surface area contributed by atoms with E-state index in [9.17, 15) is 4.79 Å². The molecule has 2 fully saturated rings. The molecule has 1 saturated carbocycles. The SMILES string of the molecule is CCc1nsc(N2CCN(C(=NC)NCCCC(=O)OC3CCCC3)CC2)n1. The third kappa shape index (κ3) is 5.80. The second-order valence-corrected chi connectivity index (χ2v) is 8.02. The molecule has 2 heterocycles. The molecule has 1 aromatic heterocycles. The maximum Gasteiger partial charge on any atom is 0.306 e. The quantitative estimate of drug-likeness (QED) is 0.320. The summed E-state index contributed by atoms with van der Waals surface area (Å²) in [4.78, 5) is 25.4. The van der Waals surface area contributed by atoms with Gasteiger partial charge in [-0.05, 0) is 32.1 Å². The van der Waals surface area contributed by atoms with Gasteiger partial charge in [0.25, 0.3) is 0 Å². The summed E-state index contributed by atoms with van der Waals surface area (Å²) in [7, 11) is 1.81. The predicted molar refractivity (Wildman–Crippen MR) is 112 cm³/mol. The van der Waals surface area contributed by atoms with E-state index in [1.807, 2.05) is 0 Å². The van der Waals surface area contributed by atoms with Crippen LogP contribution in [0.2, 0.25) is 0 Å². The summed E-state index contributed by atoms with van der Waals surface area (Å²) in [5.41, 5.74) is 0. The molecule has 1 aliphatic heterocycles. The lowest BCUT2D eigenvalue weighted by Gasteiger charge is -2.36. The lowest BCUT2D eigenvalue weighted by molar-refractivity contribution is -0.148. The number of carbonyl (C=O) groups is 1. The maximum absolute atomic E-state index is 11.9. The summed E-state index contributed by atoms with van der Waals surface area (Å²) >= 11 is 1.48. The molecule has 0 amide bonds. The Morgan fingerprint density at radius 2 is 2.04 bits per heavy atom. The van der Waals surface area contributed by atoms with Crippen LogP contribution >= 0.6 is 11.5 Å². The van der Waals surface area contributed by atoms with Crippen LogP contribution in [0.4, 0.5) is 5.13 Å². The van der Waals surface area contributed by atoms with Gasteiger partial charge in [0, 0.05) is 64.1 Å². The summed E-state index contributed by atoms with van der Waals surface area (Å²) in [5, 5.41) is 4.39. The molecule has 1 N–H and O–H groups in total. The maximum atomic E-state index is 11.9. The van der Waals surface area contributed by atoms with Crippen molar-refractivity contribution in [2.45, 2.75) is 58.0 Å². The number of guanidine groups is 1. The fourth-order valence-corrected chi connectivity index (χ4v) is 4.44. The van der Waals surface area contributed by atoms with Crippen LogP contribution in [0.1, 0.15) is 51.3 Å². The Morgan fingerprint density at radius 1 is 1.29 bits per heavy atom. The molecule has 0 atom stereocenters. The zero-order valence-corrected chi connectivity index (χ0v) is 17.8. The van der Waals surface area contributed by atoms with Crippen LogP contribution in [0.3, 0.4) is 0 Å². The van der Waals surface area contributed by atoms with Gasteiger partial charge in [0.2, 0.25) is 5.13 Å². The van der Waals surface area contributed by atoms with Crippen molar-refractivity contribution in [2.24, 2.45) is 4.99 Å². The fourth-order valence-electron chi connectivity index (χ4n) is 3.64. The molecule has 1 aromatic rings. The molecule has 0 unspecified atom stereocenters. The third-order valence-electron chi connectivity index (χ3n) is 5.28. The summed E-state index contributed by atoms with van der Waals surface area (Å²) in [5.74, 6) is 1.75. The van der Waals surface area contributed by atoms with Crippen molar-refractivity contribution in [3.63, 3.8) is 0 Å². The molecule has 8 nitrogen and oxygen atoms in total. The lowest BCUT2D eigenvalue weighted by atomic mass is 10.3. The van der Waals surface area contributed by atoms with Crippen LogP contribution in [-0.2, 0) is 16.0 Å². The van der Waals surface area contributed by atoms with Crippen LogP contribution in [-0.4, -0.2) is 72.1 Å². The number of esters is 1. The third-order valence-corrected chi connectivity index (χ3v) is 6.09. The van der Waals surface area contributed by atoms with E-state index in [1.54, 1.807) is 7.05 Å². The number of nitrogens with one attached hydrogen (secondary N) is 1. The van der Waals surface area contributed by atoms with Crippen molar-refractivity contribution in [3.05, 3.63) is 5.82 Å². The van der Waals surface area contributed by atoms with Gasteiger partial charge in [-0.2, -0.15) is 4.37 Å². The highest BCUT2D eigenvalue weighted by molar-refractivity contribution is 7.09. The van der Waals surface area contributed by atoms with E-state index < -0.39 is 0 Å². The topological polar surface area (TPSA) is 83.0 Å². The van der Waals surface area contributed by atoms with Gasteiger partial charge in [0.15, 0.2) is 5.96 Å². The van der Waals surface area contributed by atoms with E-state index in [1.165, 1.54) is 24.4 Å². The molecule has 9 heteroatoms. The lowest BCUT2D eigenvalue weighted by Crippen LogP contribution is -2.52. The molecule has 0 aromatic carbocycles. The first-order chi connectivity index (χ1) is 13.7. The molecule has 1 aliphatic carbocycles. The number of aryl methyl sites for hydroxylation is 1. The van der Waals surface area contributed by atoms with Gasteiger partial charge >= 0.3 is 5.97 Å². The normalized spacial score (nSPS) is 18.6. The van der Waals surface area contributed by atoms with E-state index >= 15 is 0 Å². The largest absolute Gasteiger partial charge is 0.462 e. The van der Waals surface area contributed by atoms with E-state index in [0.717, 1.165) is 75.3 Å². The Balaban J connectivity index is 1.34. The molecule has 0 spiro atoms. The van der Waals surface area contributed by atoms with Crippen molar-refractivity contribution < 1.29 is 9.53 Å². The number of rotatable bonds is 7. The number of nitrogens with zero attached hydrogens (tertiary/aromatic N) is 5. The first kappa shape index (κ1) is 20.8. The van der Waals surface area contributed by atoms with Gasteiger partial charge in [-0.15, -0.1) is 0 Å². The molecule has 3 rings (SSSR count). The molecular weight excluding hydrogens is 376 g/mol. The highest BCUT2D eigenvalue weighted by atomic mass is 32.1. The number of carbonyl (C=O) groups excluding carboxylic acids is 1. The van der Waals surface area contributed by atoms with Crippen LogP contribution < -0.4 is 10.2 Å². The van der Waals surface area contributed by atoms with Gasteiger partial charge in [0.05, 0.1) is 0 Å². The van der Waals surface area contributed by atoms with Gasteiger partial charge in [0.1, 0.15) is 11.9 Å². The zero-order chi connectivity index (χ0) is 19.8. The average Bonchev–Trinajstić information content (AvgIpc) is 3.40. The highest BCUT2D eigenvalue weighted by Gasteiger charge is 2.22. The van der Waals surface area contributed by atoms with Crippen LogP contribution in [0.25, 0.3) is 0 Å². The van der Waals surface area contributed by atoms with Crippen LogP contribution in [0, 0.1) is 0 Å². The Bertz CT molecular complexity index is 651. The molecule has 0 bridgehead atoms. The van der Waals surface area contributed by atoms with Gasteiger partial charge in [-0.1, -0.05) is 6.92 Å². The van der Waals surface area contributed by atoms with E-state index in [4.69, 9.17) is 4.74 Å². The van der Waals surface area contributed by atoms with E-state index in [2.05, 4.69) is 36.4 Å². The average molecular weight is 409 g/mol. The summed E-state index contributed by atoms with van der Waals surface area (Å²) in [6, 6.07) is 0. The molecule has 1 saturated heterocycles. The standard InChI is InChI=1S/C19H32N6O2S/c1-3-16-22-19(28-23-16)25-13-11-24(12-14-25)18(20-2)21-10-6-9-17(26)27-15-7-4-5-8-15/h15H,3-14H2,1-2H3,(H,20,21). The summed E-state index contributed by atoms with van der Waals surface area (Å²) < 4.78 is 9.88. The Morgan fingerprint density at radius 3 is 2.68 bits per heavy atom. The van der Waals surface area contributed by atoms with Crippen LogP contribution in [0.15, 0.2) is 4.99 Å². The summed E-state index contributed by atoms with van der Waals surface area (Å²) in [6.07, 6.45) is 6.68. The Kier molecular flexibility index (Phi) is 7.88. The highest BCUT2D eigenvalue weighted by Crippen LogP contribution is 2.21. The number of aliphatic imine (C=N–C) groups is 1. The van der Waals surface area contributed by atoms with Crippen molar-refractivity contribution in [3.8, 4) is 0 Å². The molecular formula is C19H32N6O2S. The number of ether oxygens (including phenoxy) is 1. The smallest absolute Gasteiger partial charge is 0.306 e. The number of piperazine rings is 1. The minimum Gasteiger partial charge on any atom is -0.462 e.